The number of carbonyl (C=O) groups is 2. The van der Waals surface area contributed by atoms with Crippen molar-refractivity contribution < 1.29 is 9.59 Å². The van der Waals surface area contributed by atoms with Gasteiger partial charge in [-0.15, -0.1) is 0 Å². The number of rotatable bonds is 3. The Labute approximate surface area is 119 Å². The Morgan fingerprint density at radius 1 is 1.20 bits per heavy atom. The van der Waals surface area contributed by atoms with Gasteiger partial charge in [-0.05, 0) is 25.0 Å². The molecule has 0 aromatic heterocycles. The molecular formula is C15H21N3O2. The lowest BCUT2D eigenvalue weighted by Gasteiger charge is -2.32. The molecule has 108 valence electrons. The highest BCUT2D eigenvalue weighted by Gasteiger charge is 2.23. The zero-order valence-electron chi connectivity index (χ0n) is 11.8. The minimum absolute atomic E-state index is 0.0727. The van der Waals surface area contributed by atoms with Crippen LogP contribution in [-0.4, -0.2) is 36.0 Å². The van der Waals surface area contributed by atoms with Gasteiger partial charge in [0.2, 0.25) is 5.91 Å². The maximum absolute atomic E-state index is 12.1. The number of hydrogen-bond acceptors (Lipinski definition) is 2. The fraction of sp³-hybridized carbons (Fsp3) is 0.467. The minimum Gasteiger partial charge on any atom is -0.353 e. The lowest BCUT2D eigenvalue weighted by Crippen LogP contribution is -2.47. The number of para-hydroxylation sites is 1. The predicted molar refractivity (Wildman–Crippen MR) is 78.5 cm³/mol. The Morgan fingerprint density at radius 3 is 2.45 bits per heavy atom. The molecule has 1 saturated heterocycles. The molecule has 2 rings (SSSR count). The summed E-state index contributed by atoms with van der Waals surface area (Å²) in [5.74, 6) is 0.0807. The van der Waals surface area contributed by atoms with Crippen LogP contribution in [0.4, 0.5) is 10.5 Å². The summed E-state index contributed by atoms with van der Waals surface area (Å²) in [6, 6.07) is 9.56. The molecule has 1 aliphatic rings. The van der Waals surface area contributed by atoms with Crippen molar-refractivity contribution in [2.24, 2.45) is 0 Å². The molecule has 0 aliphatic carbocycles. The number of hydrogen-bond donors (Lipinski definition) is 2. The third-order valence-corrected chi connectivity index (χ3v) is 3.49. The number of carbonyl (C=O) groups excluding carboxylic acids is 2. The number of urea groups is 1. The summed E-state index contributed by atoms with van der Waals surface area (Å²) in [6.45, 7) is 3.19. The van der Waals surface area contributed by atoms with Gasteiger partial charge in [-0.3, -0.25) is 4.79 Å². The summed E-state index contributed by atoms with van der Waals surface area (Å²) >= 11 is 0. The molecule has 0 atom stereocenters. The van der Waals surface area contributed by atoms with E-state index in [0.717, 1.165) is 18.5 Å². The summed E-state index contributed by atoms with van der Waals surface area (Å²) in [6.07, 6.45) is 2.14. The van der Waals surface area contributed by atoms with E-state index in [1.807, 2.05) is 37.3 Å². The highest BCUT2D eigenvalue weighted by Crippen LogP contribution is 2.13. The van der Waals surface area contributed by atoms with E-state index in [1.165, 1.54) is 0 Å². The molecule has 20 heavy (non-hydrogen) atoms. The van der Waals surface area contributed by atoms with Crippen molar-refractivity contribution in [3.8, 4) is 0 Å². The van der Waals surface area contributed by atoms with Gasteiger partial charge in [-0.2, -0.15) is 0 Å². The highest BCUT2D eigenvalue weighted by molar-refractivity contribution is 5.89. The highest BCUT2D eigenvalue weighted by atomic mass is 16.2. The zero-order valence-corrected chi connectivity index (χ0v) is 11.8. The van der Waals surface area contributed by atoms with Gasteiger partial charge in [0.1, 0.15) is 0 Å². The number of nitrogens with one attached hydrogen (secondary N) is 2. The molecule has 0 spiro atoms. The quantitative estimate of drug-likeness (QED) is 0.888. The standard InChI is InChI=1S/C15H21N3O2/c1-2-14(19)16-13-8-10-18(11-9-13)15(20)17-12-6-4-3-5-7-12/h3-7,13H,2,8-11H2,1H3,(H,16,19)(H,17,20). The van der Waals surface area contributed by atoms with Crippen LogP contribution in [-0.2, 0) is 4.79 Å². The van der Waals surface area contributed by atoms with Crippen LogP contribution in [0.15, 0.2) is 30.3 Å². The van der Waals surface area contributed by atoms with Gasteiger partial charge >= 0.3 is 6.03 Å². The van der Waals surface area contributed by atoms with Gasteiger partial charge in [0.25, 0.3) is 0 Å². The fourth-order valence-corrected chi connectivity index (χ4v) is 2.28. The number of likely N-dealkylation sites (tertiary alicyclic amines) is 1. The molecule has 0 radical (unpaired) electrons. The molecule has 0 unspecified atom stereocenters. The maximum atomic E-state index is 12.1. The lowest BCUT2D eigenvalue weighted by molar-refractivity contribution is -0.121. The van der Waals surface area contributed by atoms with Gasteiger partial charge in [-0.25, -0.2) is 4.79 Å². The average molecular weight is 275 g/mol. The third-order valence-electron chi connectivity index (χ3n) is 3.49. The molecule has 1 aliphatic heterocycles. The van der Waals surface area contributed by atoms with Crippen molar-refractivity contribution in [1.29, 1.82) is 0 Å². The number of benzene rings is 1. The van der Waals surface area contributed by atoms with E-state index in [4.69, 9.17) is 0 Å². The molecule has 1 fully saturated rings. The molecule has 1 aromatic rings. The number of nitrogens with zero attached hydrogens (tertiary/aromatic N) is 1. The normalized spacial score (nSPS) is 15.8. The van der Waals surface area contributed by atoms with Crippen LogP contribution in [0.5, 0.6) is 0 Å². The monoisotopic (exact) mass is 275 g/mol. The van der Waals surface area contributed by atoms with Gasteiger partial charge in [0.15, 0.2) is 0 Å². The Bertz CT molecular complexity index is 453. The Kier molecular flexibility index (Phi) is 4.98. The van der Waals surface area contributed by atoms with Crippen LogP contribution < -0.4 is 10.6 Å². The van der Waals surface area contributed by atoms with Crippen molar-refractivity contribution in [2.45, 2.75) is 32.2 Å². The SMILES string of the molecule is CCC(=O)NC1CCN(C(=O)Nc2ccccc2)CC1. The summed E-state index contributed by atoms with van der Waals surface area (Å²) in [5, 5.41) is 5.86. The maximum Gasteiger partial charge on any atom is 0.321 e. The van der Waals surface area contributed by atoms with Crippen LogP contribution in [0.25, 0.3) is 0 Å². The van der Waals surface area contributed by atoms with E-state index in [-0.39, 0.29) is 18.0 Å². The van der Waals surface area contributed by atoms with Crippen molar-refractivity contribution in [1.82, 2.24) is 10.2 Å². The second-order valence-corrected chi connectivity index (χ2v) is 4.98. The van der Waals surface area contributed by atoms with Crippen LogP contribution in [0.2, 0.25) is 0 Å². The summed E-state index contributed by atoms with van der Waals surface area (Å²) in [7, 11) is 0. The molecule has 1 heterocycles. The van der Waals surface area contributed by atoms with Crippen molar-refractivity contribution in [3.63, 3.8) is 0 Å². The number of piperidine rings is 1. The molecular weight excluding hydrogens is 254 g/mol. The van der Waals surface area contributed by atoms with Crippen molar-refractivity contribution in [3.05, 3.63) is 30.3 Å². The molecule has 2 N–H and O–H groups in total. The fourth-order valence-electron chi connectivity index (χ4n) is 2.28. The van der Waals surface area contributed by atoms with Gasteiger partial charge in [0.05, 0.1) is 0 Å². The minimum atomic E-state index is -0.0727. The lowest BCUT2D eigenvalue weighted by atomic mass is 10.1. The second-order valence-electron chi connectivity index (χ2n) is 4.98. The first-order valence-electron chi connectivity index (χ1n) is 7.09. The Balaban J connectivity index is 1.78. The first kappa shape index (κ1) is 14.4. The molecule has 0 saturated carbocycles. The van der Waals surface area contributed by atoms with Crippen molar-refractivity contribution in [2.75, 3.05) is 18.4 Å². The smallest absolute Gasteiger partial charge is 0.321 e. The van der Waals surface area contributed by atoms with Crippen LogP contribution in [0.3, 0.4) is 0 Å². The molecule has 5 nitrogen and oxygen atoms in total. The van der Waals surface area contributed by atoms with Gasteiger partial charge in [0, 0.05) is 31.2 Å². The largest absolute Gasteiger partial charge is 0.353 e. The average Bonchev–Trinajstić information content (AvgIpc) is 2.49. The third kappa shape index (κ3) is 3.98. The number of amides is 3. The van der Waals surface area contributed by atoms with E-state index < -0.39 is 0 Å². The molecule has 3 amide bonds. The van der Waals surface area contributed by atoms with E-state index in [2.05, 4.69) is 10.6 Å². The van der Waals surface area contributed by atoms with E-state index in [1.54, 1.807) is 4.90 Å². The van der Waals surface area contributed by atoms with E-state index in [0.29, 0.717) is 19.5 Å². The first-order chi connectivity index (χ1) is 9.69. The van der Waals surface area contributed by atoms with Crippen LogP contribution in [0, 0.1) is 0 Å². The van der Waals surface area contributed by atoms with Crippen molar-refractivity contribution >= 4 is 17.6 Å². The van der Waals surface area contributed by atoms with Gasteiger partial charge in [-0.1, -0.05) is 25.1 Å². The topological polar surface area (TPSA) is 61.4 Å². The zero-order chi connectivity index (χ0) is 14.4. The Morgan fingerprint density at radius 2 is 1.85 bits per heavy atom. The summed E-state index contributed by atoms with van der Waals surface area (Å²) in [4.78, 5) is 25.2. The number of anilines is 1. The predicted octanol–water partition coefficient (Wildman–Crippen LogP) is 2.21. The summed E-state index contributed by atoms with van der Waals surface area (Å²) < 4.78 is 0. The van der Waals surface area contributed by atoms with E-state index in [9.17, 15) is 9.59 Å². The molecule has 0 bridgehead atoms. The second kappa shape index (κ2) is 6.93. The van der Waals surface area contributed by atoms with Gasteiger partial charge < -0.3 is 15.5 Å². The molecule has 5 heteroatoms. The molecule has 1 aromatic carbocycles. The van der Waals surface area contributed by atoms with Crippen LogP contribution >= 0.6 is 0 Å². The Hall–Kier alpha value is -2.04. The summed E-state index contributed by atoms with van der Waals surface area (Å²) in [5.41, 5.74) is 0.805. The van der Waals surface area contributed by atoms with Crippen LogP contribution in [0.1, 0.15) is 26.2 Å². The first-order valence-corrected chi connectivity index (χ1v) is 7.09. The van der Waals surface area contributed by atoms with E-state index >= 15 is 0 Å².